The van der Waals surface area contributed by atoms with Crippen LogP contribution >= 0.6 is 23.4 Å². The van der Waals surface area contributed by atoms with E-state index in [0.29, 0.717) is 15.5 Å². The summed E-state index contributed by atoms with van der Waals surface area (Å²) >= 11 is 7.08. The van der Waals surface area contributed by atoms with Crippen molar-refractivity contribution in [3.63, 3.8) is 0 Å². The summed E-state index contributed by atoms with van der Waals surface area (Å²) in [6.45, 7) is -0.144. The Morgan fingerprint density at radius 3 is 2.50 bits per heavy atom. The fourth-order valence-electron chi connectivity index (χ4n) is 1.40. The molecule has 0 aliphatic carbocycles. The van der Waals surface area contributed by atoms with E-state index in [2.05, 4.69) is 0 Å². The lowest BCUT2D eigenvalue weighted by Gasteiger charge is -2.06. The lowest BCUT2D eigenvalue weighted by atomic mass is 10.2. The van der Waals surface area contributed by atoms with Crippen molar-refractivity contribution >= 4 is 23.4 Å². The number of aliphatic hydroxyl groups excluding tert-OH is 1. The molecule has 18 heavy (non-hydrogen) atoms. The van der Waals surface area contributed by atoms with Gasteiger partial charge in [-0.05, 0) is 29.8 Å². The van der Waals surface area contributed by atoms with Crippen LogP contribution < -0.4 is 0 Å². The van der Waals surface area contributed by atoms with Gasteiger partial charge in [0.2, 0.25) is 0 Å². The molecule has 0 aliphatic rings. The van der Waals surface area contributed by atoms with Crippen molar-refractivity contribution in [2.75, 3.05) is 0 Å². The molecule has 0 radical (unpaired) electrons. The number of hydrogen-bond donors (Lipinski definition) is 1. The highest BCUT2D eigenvalue weighted by Crippen LogP contribution is 2.32. The summed E-state index contributed by atoms with van der Waals surface area (Å²) in [5.41, 5.74) is 0.612. The molecule has 2 rings (SSSR count). The van der Waals surface area contributed by atoms with Crippen LogP contribution in [0.1, 0.15) is 5.56 Å². The van der Waals surface area contributed by atoms with Crippen LogP contribution in [0.2, 0.25) is 5.02 Å². The van der Waals surface area contributed by atoms with Gasteiger partial charge in [0.1, 0.15) is 11.6 Å². The lowest BCUT2D eigenvalue weighted by molar-refractivity contribution is 0.282. The quantitative estimate of drug-likeness (QED) is 0.910. The van der Waals surface area contributed by atoms with E-state index in [0.717, 1.165) is 22.7 Å². The molecule has 0 heterocycles. The molecule has 0 spiro atoms. The third-order valence-corrected chi connectivity index (χ3v) is 3.71. The Kier molecular flexibility index (Phi) is 4.22. The van der Waals surface area contributed by atoms with E-state index < -0.39 is 11.6 Å². The molecule has 5 heteroatoms. The van der Waals surface area contributed by atoms with Crippen LogP contribution in [0.15, 0.2) is 46.2 Å². The van der Waals surface area contributed by atoms with Gasteiger partial charge in [0, 0.05) is 20.9 Å². The molecule has 2 aromatic carbocycles. The van der Waals surface area contributed by atoms with Crippen LogP contribution in [0, 0.1) is 11.6 Å². The summed E-state index contributed by atoms with van der Waals surface area (Å²) in [7, 11) is 0. The van der Waals surface area contributed by atoms with Gasteiger partial charge in [0.15, 0.2) is 0 Å². The third-order valence-electron chi connectivity index (χ3n) is 2.32. The fraction of sp³-hybridized carbons (Fsp3) is 0.0769. The van der Waals surface area contributed by atoms with Gasteiger partial charge < -0.3 is 5.11 Å². The highest BCUT2D eigenvalue weighted by atomic mass is 35.5. The SMILES string of the molecule is OCc1ccc(Sc2ccc(F)cc2F)cc1Cl. The van der Waals surface area contributed by atoms with Crippen LogP contribution in [0.3, 0.4) is 0 Å². The van der Waals surface area contributed by atoms with Crippen molar-refractivity contribution in [1.29, 1.82) is 0 Å². The summed E-state index contributed by atoms with van der Waals surface area (Å²) in [5.74, 6) is -1.21. The molecule has 0 saturated heterocycles. The molecule has 0 unspecified atom stereocenters. The lowest BCUT2D eigenvalue weighted by Crippen LogP contribution is -1.86. The van der Waals surface area contributed by atoms with Crippen LogP contribution in [0.5, 0.6) is 0 Å². The maximum absolute atomic E-state index is 13.4. The first kappa shape index (κ1) is 13.3. The minimum absolute atomic E-state index is 0.144. The first-order valence-corrected chi connectivity index (χ1v) is 6.32. The Labute approximate surface area is 112 Å². The first-order chi connectivity index (χ1) is 8.60. The number of halogens is 3. The van der Waals surface area contributed by atoms with Gasteiger partial charge in [-0.2, -0.15) is 0 Å². The monoisotopic (exact) mass is 286 g/mol. The molecule has 0 aromatic heterocycles. The smallest absolute Gasteiger partial charge is 0.140 e. The van der Waals surface area contributed by atoms with Crippen molar-refractivity contribution in [3.05, 3.63) is 58.6 Å². The summed E-state index contributed by atoms with van der Waals surface area (Å²) < 4.78 is 26.2. The zero-order valence-electron chi connectivity index (χ0n) is 9.16. The van der Waals surface area contributed by atoms with Gasteiger partial charge in [0.25, 0.3) is 0 Å². The number of rotatable bonds is 3. The third kappa shape index (κ3) is 3.02. The average molecular weight is 287 g/mol. The molecular formula is C13H9ClF2OS. The summed E-state index contributed by atoms with van der Waals surface area (Å²) in [5, 5.41) is 9.40. The van der Waals surface area contributed by atoms with Crippen molar-refractivity contribution in [1.82, 2.24) is 0 Å². The van der Waals surface area contributed by atoms with Gasteiger partial charge in [-0.1, -0.05) is 29.4 Å². The summed E-state index contributed by atoms with van der Waals surface area (Å²) in [6.07, 6.45) is 0. The van der Waals surface area contributed by atoms with Crippen LogP contribution in [0.4, 0.5) is 8.78 Å². The zero-order chi connectivity index (χ0) is 13.1. The minimum atomic E-state index is -0.609. The maximum Gasteiger partial charge on any atom is 0.140 e. The van der Waals surface area contributed by atoms with E-state index in [1.54, 1.807) is 18.2 Å². The first-order valence-electron chi connectivity index (χ1n) is 5.12. The van der Waals surface area contributed by atoms with Crippen molar-refractivity contribution in [3.8, 4) is 0 Å². The number of aliphatic hydroxyl groups is 1. The van der Waals surface area contributed by atoms with Crippen molar-refractivity contribution in [2.45, 2.75) is 16.4 Å². The van der Waals surface area contributed by atoms with Gasteiger partial charge in [-0.25, -0.2) is 8.78 Å². The minimum Gasteiger partial charge on any atom is -0.392 e. The molecule has 1 nitrogen and oxygen atoms in total. The Morgan fingerprint density at radius 2 is 1.89 bits per heavy atom. The summed E-state index contributed by atoms with van der Waals surface area (Å²) in [4.78, 5) is 1.05. The Bertz CT molecular complexity index is 575. The second kappa shape index (κ2) is 5.69. The normalized spacial score (nSPS) is 10.7. The van der Waals surface area contributed by atoms with E-state index in [1.165, 1.54) is 12.1 Å². The molecular weight excluding hydrogens is 278 g/mol. The fourth-order valence-corrected chi connectivity index (χ4v) is 2.57. The second-order valence-corrected chi connectivity index (χ2v) is 5.11. The topological polar surface area (TPSA) is 20.2 Å². The van der Waals surface area contributed by atoms with Gasteiger partial charge in [-0.3, -0.25) is 0 Å². The van der Waals surface area contributed by atoms with Gasteiger partial charge in [0.05, 0.1) is 6.61 Å². The number of hydrogen-bond acceptors (Lipinski definition) is 2. The molecule has 0 fully saturated rings. The van der Waals surface area contributed by atoms with E-state index in [-0.39, 0.29) is 6.61 Å². The van der Waals surface area contributed by atoms with E-state index in [9.17, 15) is 8.78 Å². The van der Waals surface area contributed by atoms with Gasteiger partial charge >= 0.3 is 0 Å². The van der Waals surface area contributed by atoms with E-state index in [4.69, 9.17) is 16.7 Å². The Hall–Kier alpha value is -1.10. The molecule has 2 aromatic rings. The predicted molar refractivity (Wildman–Crippen MR) is 67.9 cm³/mol. The molecule has 0 aliphatic heterocycles. The van der Waals surface area contributed by atoms with E-state index in [1.807, 2.05) is 0 Å². The standard InChI is InChI=1S/C13H9ClF2OS/c14-11-6-10(3-1-8(11)7-17)18-13-4-2-9(15)5-12(13)16/h1-6,17H,7H2. The predicted octanol–water partition coefficient (Wildman–Crippen LogP) is 4.26. The van der Waals surface area contributed by atoms with Crippen LogP contribution in [-0.2, 0) is 6.61 Å². The summed E-state index contributed by atoms with van der Waals surface area (Å²) in [6, 6.07) is 8.46. The van der Waals surface area contributed by atoms with E-state index >= 15 is 0 Å². The van der Waals surface area contributed by atoms with Crippen LogP contribution in [0.25, 0.3) is 0 Å². The van der Waals surface area contributed by atoms with Crippen molar-refractivity contribution in [2.24, 2.45) is 0 Å². The molecule has 0 amide bonds. The highest BCUT2D eigenvalue weighted by molar-refractivity contribution is 7.99. The molecule has 1 N–H and O–H groups in total. The molecule has 0 saturated carbocycles. The molecule has 94 valence electrons. The Morgan fingerprint density at radius 1 is 1.11 bits per heavy atom. The number of benzene rings is 2. The largest absolute Gasteiger partial charge is 0.392 e. The van der Waals surface area contributed by atoms with Crippen LogP contribution in [-0.4, -0.2) is 5.11 Å². The zero-order valence-corrected chi connectivity index (χ0v) is 10.7. The second-order valence-electron chi connectivity index (χ2n) is 3.59. The molecule has 0 bridgehead atoms. The average Bonchev–Trinajstić information content (AvgIpc) is 2.33. The molecule has 0 atom stereocenters. The highest BCUT2D eigenvalue weighted by Gasteiger charge is 2.07. The maximum atomic E-state index is 13.4. The van der Waals surface area contributed by atoms with Crippen molar-refractivity contribution < 1.29 is 13.9 Å². The van der Waals surface area contributed by atoms with Gasteiger partial charge in [-0.15, -0.1) is 0 Å². The Balaban J connectivity index is 2.26.